The molecule has 1 aromatic heterocycles. The van der Waals surface area contributed by atoms with Crippen LogP contribution < -0.4 is 5.32 Å². The molecule has 5 nitrogen and oxygen atoms in total. The monoisotopic (exact) mass is 377 g/mol. The van der Waals surface area contributed by atoms with E-state index >= 15 is 0 Å². The molecule has 2 heterocycles. The lowest BCUT2D eigenvalue weighted by atomic mass is 10.1. The molecular formula is C23H27N3O2. The van der Waals surface area contributed by atoms with Gasteiger partial charge in [-0.15, -0.1) is 0 Å². The van der Waals surface area contributed by atoms with Gasteiger partial charge in [-0.1, -0.05) is 25.1 Å². The van der Waals surface area contributed by atoms with Gasteiger partial charge in [-0.25, -0.2) is 0 Å². The number of ether oxygens (including phenoxy) is 1. The number of carbonyl (C=O) groups is 1. The van der Waals surface area contributed by atoms with Gasteiger partial charge in [0.25, 0.3) is 5.91 Å². The second-order valence-corrected chi connectivity index (χ2v) is 7.21. The molecule has 28 heavy (non-hydrogen) atoms. The molecule has 3 rings (SSSR count). The highest BCUT2D eigenvalue weighted by molar-refractivity contribution is 6.10. The van der Waals surface area contributed by atoms with Crippen LogP contribution in [0.4, 0.5) is 5.69 Å². The Morgan fingerprint density at radius 1 is 1.39 bits per heavy atom. The van der Waals surface area contributed by atoms with E-state index < -0.39 is 0 Å². The Balaban J connectivity index is 1.82. The van der Waals surface area contributed by atoms with Crippen molar-refractivity contribution < 1.29 is 9.53 Å². The van der Waals surface area contributed by atoms with Crippen LogP contribution >= 0.6 is 0 Å². The molecule has 0 saturated carbocycles. The summed E-state index contributed by atoms with van der Waals surface area (Å²) in [4.78, 5) is 12.7. The number of rotatable bonds is 6. The van der Waals surface area contributed by atoms with Crippen molar-refractivity contribution in [2.45, 2.75) is 52.7 Å². The van der Waals surface area contributed by atoms with Crippen LogP contribution in [0.5, 0.6) is 0 Å². The molecular weight excluding hydrogens is 350 g/mol. The Morgan fingerprint density at radius 2 is 2.18 bits per heavy atom. The van der Waals surface area contributed by atoms with Gasteiger partial charge in [-0.05, 0) is 62.4 Å². The summed E-state index contributed by atoms with van der Waals surface area (Å²) in [6, 6.07) is 11.7. The first-order valence-corrected chi connectivity index (χ1v) is 9.82. The van der Waals surface area contributed by atoms with Gasteiger partial charge in [0.1, 0.15) is 11.6 Å². The average Bonchev–Trinajstić information content (AvgIpc) is 3.30. The normalized spacial score (nSPS) is 16.8. The fourth-order valence-electron chi connectivity index (χ4n) is 3.69. The van der Waals surface area contributed by atoms with Crippen molar-refractivity contribution >= 4 is 17.7 Å². The second kappa shape index (κ2) is 8.90. The molecule has 1 fully saturated rings. The topological polar surface area (TPSA) is 67.0 Å². The quantitative estimate of drug-likeness (QED) is 0.600. The Kier molecular flexibility index (Phi) is 6.33. The number of anilines is 1. The average molecular weight is 377 g/mol. The minimum Gasteiger partial charge on any atom is -0.376 e. The number of carbonyl (C=O) groups excluding carboxylic acids is 1. The molecule has 1 atom stereocenters. The lowest BCUT2D eigenvalue weighted by Gasteiger charge is -2.14. The van der Waals surface area contributed by atoms with Crippen molar-refractivity contribution in [2.75, 3.05) is 11.9 Å². The summed E-state index contributed by atoms with van der Waals surface area (Å²) >= 11 is 0. The third-order valence-corrected chi connectivity index (χ3v) is 5.33. The van der Waals surface area contributed by atoms with E-state index in [2.05, 4.69) is 16.0 Å². The predicted octanol–water partition coefficient (Wildman–Crippen LogP) is 4.39. The lowest BCUT2D eigenvalue weighted by Crippen LogP contribution is -2.17. The molecule has 1 aliphatic rings. The molecule has 0 aliphatic carbocycles. The van der Waals surface area contributed by atoms with Crippen molar-refractivity contribution in [3.05, 3.63) is 58.4 Å². The number of hydrogen-bond donors (Lipinski definition) is 1. The fraction of sp³-hybridized carbons (Fsp3) is 0.391. The molecule has 0 unspecified atom stereocenters. The third-order valence-electron chi connectivity index (χ3n) is 5.33. The first-order valence-electron chi connectivity index (χ1n) is 9.82. The van der Waals surface area contributed by atoms with Crippen molar-refractivity contribution in [3.63, 3.8) is 0 Å². The van der Waals surface area contributed by atoms with E-state index in [1.807, 2.05) is 51.1 Å². The molecule has 1 aliphatic heterocycles. The Hall–Kier alpha value is -2.84. The zero-order valence-corrected chi connectivity index (χ0v) is 16.8. The zero-order chi connectivity index (χ0) is 20.1. The summed E-state index contributed by atoms with van der Waals surface area (Å²) in [6.45, 7) is 7.74. The number of amides is 1. The van der Waals surface area contributed by atoms with E-state index in [0.717, 1.165) is 60.6 Å². The van der Waals surface area contributed by atoms with Gasteiger partial charge in [0.15, 0.2) is 0 Å². The van der Waals surface area contributed by atoms with Crippen LogP contribution in [0.15, 0.2) is 35.9 Å². The van der Waals surface area contributed by atoms with Gasteiger partial charge in [0.2, 0.25) is 0 Å². The molecule has 1 amide bonds. The van der Waals surface area contributed by atoms with Crippen LogP contribution in [-0.2, 0) is 22.5 Å². The summed E-state index contributed by atoms with van der Waals surface area (Å²) < 4.78 is 7.96. The molecule has 0 bridgehead atoms. The highest BCUT2D eigenvalue weighted by Crippen LogP contribution is 2.23. The summed E-state index contributed by atoms with van der Waals surface area (Å²) in [5.74, 6) is -0.382. The number of nitrogens with zero attached hydrogens (tertiary/aromatic N) is 2. The molecule has 1 saturated heterocycles. The van der Waals surface area contributed by atoms with Crippen LogP contribution in [0.3, 0.4) is 0 Å². The maximum Gasteiger partial charge on any atom is 0.266 e. The Bertz CT molecular complexity index is 928. The first-order chi connectivity index (χ1) is 13.5. The highest BCUT2D eigenvalue weighted by atomic mass is 16.5. The van der Waals surface area contributed by atoms with Gasteiger partial charge in [0, 0.05) is 30.2 Å². The molecule has 146 valence electrons. The van der Waals surface area contributed by atoms with Gasteiger partial charge >= 0.3 is 0 Å². The standard InChI is InChI=1S/C23H27N3O2/c1-4-18-8-5-6-10-22(18)25-23(27)20(14-24)13-19-12-16(2)26(17(19)3)15-21-9-7-11-28-21/h5-6,8,10,12-13,21H,4,7,9,11,15H2,1-3H3,(H,25,27)/b20-13+/t21-/m0/s1. The molecule has 0 radical (unpaired) electrons. The van der Waals surface area contributed by atoms with Crippen LogP contribution in [-0.4, -0.2) is 23.2 Å². The number of aryl methyl sites for hydroxylation is 2. The summed E-state index contributed by atoms with van der Waals surface area (Å²) in [5, 5.41) is 12.4. The zero-order valence-electron chi connectivity index (χ0n) is 16.8. The van der Waals surface area contributed by atoms with Gasteiger partial charge in [-0.3, -0.25) is 4.79 Å². The van der Waals surface area contributed by atoms with Crippen LogP contribution in [0.25, 0.3) is 6.08 Å². The maximum absolute atomic E-state index is 12.7. The SMILES string of the molecule is CCc1ccccc1NC(=O)/C(C#N)=C/c1cc(C)n(C[C@@H]2CCCO2)c1C. The Morgan fingerprint density at radius 3 is 2.86 bits per heavy atom. The number of nitriles is 1. The third kappa shape index (κ3) is 4.35. The second-order valence-electron chi connectivity index (χ2n) is 7.21. The minimum absolute atomic E-state index is 0.100. The summed E-state index contributed by atoms with van der Waals surface area (Å²) in [5.41, 5.74) is 4.94. The lowest BCUT2D eigenvalue weighted by molar-refractivity contribution is -0.112. The van der Waals surface area contributed by atoms with Crippen molar-refractivity contribution in [3.8, 4) is 6.07 Å². The Labute approximate surface area is 166 Å². The predicted molar refractivity (Wildman–Crippen MR) is 111 cm³/mol. The summed E-state index contributed by atoms with van der Waals surface area (Å²) in [7, 11) is 0. The minimum atomic E-state index is -0.382. The number of hydrogen-bond acceptors (Lipinski definition) is 3. The van der Waals surface area contributed by atoms with E-state index in [1.165, 1.54) is 0 Å². The number of nitrogens with one attached hydrogen (secondary N) is 1. The van der Waals surface area contributed by atoms with Crippen molar-refractivity contribution in [2.24, 2.45) is 0 Å². The molecule has 5 heteroatoms. The molecule has 0 spiro atoms. The number of para-hydroxylation sites is 1. The van der Waals surface area contributed by atoms with Crippen molar-refractivity contribution in [1.82, 2.24) is 4.57 Å². The van der Waals surface area contributed by atoms with Gasteiger partial charge < -0.3 is 14.6 Å². The van der Waals surface area contributed by atoms with E-state index in [-0.39, 0.29) is 17.6 Å². The molecule has 1 aromatic carbocycles. The van der Waals surface area contributed by atoms with Crippen LogP contribution in [0.1, 0.15) is 42.3 Å². The van der Waals surface area contributed by atoms with Gasteiger partial charge in [0.05, 0.1) is 6.10 Å². The van der Waals surface area contributed by atoms with Crippen LogP contribution in [0, 0.1) is 25.2 Å². The maximum atomic E-state index is 12.7. The van der Waals surface area contributed by atoms with Crippen LogP contribution in [0.2, 0.25) is 0 Å². The number of aromatic nitrogens is 1. The number of benzene rings is 1. The van der Waals surface area contributed by atoms with Crippen molar-refractivity contribution in [1.29, 1.82) is 5.26 Å². The highest BCUT2D eigenvalue weighted by Gasteiger charge is 2.19. The van der Waals surface area contributed by atoms with Gasteiger partial charge in [-0.2, -0.15) is 5.26 Å². The first kappa shape index (κ1) is 19.9. The van der Waals surface area contributed by atoms with E-state index in [0.29, 0.717) is 0 Å². The van der Waals surface area contributed by atoms with E-state index in [4.69, 9.17) is 4.74 Å². The smallest absolute Gasteiger partial charge is 0.266 e. The van der Waals surface area contributed by atoms with E-state index in [1.54, 1.807) is 6.08 Å². The largest absolute Gasteiger partial charge is 0.376 e. The molecule has 2 aromatic rings. The fourth-order valence-corrected chi connectivity index (χ4v) is 3.69. The summed E-state index contributed by atoms with van der Waals surface area (Å²) in [6.07, 6.45) is 4.91. The molecule has 1 N–H and O–H groups in total. The van der Waals surface area contributed by atoms with E-state index in [9.17, 15) is 10.1 Å².